The molecule has 3 aromatic carbocycles. The zero-order chi connectivity index (χ0) is 23.1. The highest BCUT2D eigenvalue weighted by Crippen LogP contribution is 2.58. The average molecular weight is 455 g/mol. The van der Waals surface area contributed by atoms with E-state index in [2.05, 4.69) is 24.3 Å². The maximum atomic E-state index is 13.0. The summed E-state index contributed by atoms with van der Waals surface area (Å²) in [4.78, 5) is 25.9. The molecule has 7 atom stereocenters. The summed E-state index contributed by atoms with van der Waals surface area (Å²) in [5.41, 5.74) is 2.24. The molecule has 3 aromatic rings. The first-order chi connectivity index (χ1) is 16.7. The maximum absolute atomic E-state index is 13.0. The van der Waals surface area contributed by atoms with Gasteiger partial charge in [0.2, 0.25) is 0 Å². The molecular weight excluding hydrogens is 428 g/mol. The van der Waals surface area contributed by atoms with Crippen LogP contribution in [0.4, 0.5) is 0 Å². The zero-order valence-electron chi connectivity index (χ0n) is 18.7. The molecule has 2 saturated heterocycles. The van der Waals surface area contributed by atoms with Crippen molar-refractivity contribution in [2.75, 3.05) is 0 Å². The van der Waals surface area contributed by atoms with Crippen molar-refractivity contribution in [2.45, 2.75) is 43.2 Å². The largest absolute Gasteiger partial charge is 0.452 e. The number of hydrogen-bond donors (Lipinski definition) is 0. The van der Waals surface area contributed by atoms with Crippen molar-refractivity contribution in [1.82, 2.24) is 0 Å². The molecule has 3 aliphatic rings. The lowest BCUT2D eigenvalue weighted by Crippen LogP contribution is -2.50. The number of fused-ring (bicyclic) bond motifs is 5. The number of rotatable bonds is 5. The molecule has 1 saturated carbocycles. The summed E-state index contributed by atoms with van der Waals surface area (Å²) in [5.74, 6) is -0.00186. The number of benzene rings is 3. The van der Waals surface area contributed by atoms with Gasteiger partial charge in [0.1, 0.15) is 12.2 Å². The Kier molecular flexibility index (Phi) is 5.42. The van der Waals surface area contributed by atoms with Crippen molar-refractivity contribution in [1.29, 1.82) is 0 Å². The molecule has 0 N–H and O–H groups in total. The van der Waals surface area contributed by atoms with E-state index in [1.165, 1.54) is 5.56 Å². The molecule has 5 heteroatoms. The van der Waals surface area contributed by atoms with E-state index in [9.17, 15) is 9.59 Å². The van der Waals surface area contributed by atoms with Gasteiger partial charge in [0.15, 0.2) is 12.2 Å². The van der Waals surface area contributed by atoms with Crippen LogP contribution in [0.25, 0.3) is 0 Å². The molecule has 2 heterocycles. The summed E-state index contributed by atoms with van der Waals surface area (Å²) < 4.78 is 18.5. The number of carbonyl (C=O) groups excluding carboxylic acids is 2. The summed E-state index contributed by atoms with van der Waals surface area (Å²) in [5, 5.41) is 0. The highest BCUT2D eigenvalue weighted by atomic mass is 16.6. The number of esters is 2. The molecule has 6 rings (SSSR count). The van der Waals surface area contributed by atoms with Crippen LogP contribution in [0.1, 0.15) is 45.0 Å². The second-order valence-electron chi connectivity index (χ2n) is 9.37. The summed E-state index contributed by atoms with van der Waals surface area (Å²) in [7, 11) is 0. The van der Waals surface area contributed by atoms with Gasteiger partial charge < -0.3 is 14.2 Å². The van der Waals surface area contributed by atoms with Crippen molar-refractivity contribution in [3.63, 3.8) is 0 Å². The zero-order valence-corrected chi connectivity index (χ0v) is 18.7. The normalized spacial score (nSPS) is 31.1. The lowest BCUT2D eigenvalue weighted by Gasteiger charge is -2.36. The van der Waals surface area contributed by atoms with Gasteiger partial charge in [0.05, 0.1) is 11.1 Å². The van der Waals surface area contributed by atoms with E-state index >= 15 is 0 Å². The van der Waals surface area contributed by atoms with Gasteiger partial charge in [-0.3, -0.25) is 0 Å². The predicted octanol–water partition coefficient (Wildman–Crippen LogP) is 5.03. The highest BCUT2D eigenvalue weighted by molar-refractivity contribution is 5.90. The van der Waals surface area contributed by atoms with Crippen molar-refractivity contribution in [2.24, 2.45) is 11.8 Å². The second-order valence-corrected chi connectivity index (χ2v) is 9.37. The molecule has 0 radical (unpaired) electrons. The number of carbonyl (C=O) groups is 2. The Morgan fingerprint density at radius 1 is 0.647 bits per heavy atom. The number of ether oxygens (including phenoxy) is 3. The molecular formula is C29H26O5. The van der Waals surface area contributed by atoms with Crippen LogP contribution in [0.3, 0.4) is 0 Å². The summed E-state index contributed by atoms with van der Waals surface area (Å²) in [6.45, 7) is 0. The monoisotopic (exact) mass is 454 g/mol. The van der Waals surface area contributed by atoms with Gasteiger partial charge >= 0.3 is 11.9 Å². The third-order valence-corrected chi connectivity index (χ3v) is 7.59. The van der Waals surface area contributed by atoms with E-state index in [0.29, 0.717) is 17.0 Å². The van der Waals surface area contributed by atoms with Gasteiger partial charge in [-0.15, -0.1) is 0 Å². The van der Waals surface area contributed by atoms with Crippen LogP contribution in [-0.2, 0) is 14.2 Å². The SMILES string of the molecule is O=C(OC1C2OC(C1OC(=O)c1ccccc1)C1C(c3ccccc3)CCC21)c1ccccc1. The highest BCUT2D eigenvalue weighted by Gasteiger charge is 2.66. The van der Waals surface area contributed by atoms with Crippen LogP contribution in [0.15, 0.2) is 91.0 Å². The predicted molar refractivity (Wildman–Crippen MR) is 125 cm³/mol. The van der Waals surface area contributed by atoms with Gasteiger partial charge in [-0.05, 0) is 54.5 Å². The van der Waals surface area contributed by atoms with Crippen molar-refractivity contribution in [3.05, 3.63) is 108 Å². The molecule has 2 bridgehead atoms. The maximum Gasteiger partial charge on any atom is 0.338 e. The molecule has 7 unspecified atom stereocenters. The lowest BCUT2D eigenvalue weighted by atomic mass is 9.73. The fraction of sp³-hybridized carbons (Fsp3) is 0.310. The summed E-state index contributed by atoms with van der Waals surface area (Å²) in [6.07, 6.45) is 0.212. The third kappa shape index (κ3) is 3.61. The minimum absolute atomic E-state index is 0.229. The minimum atomic E-state index is -0.643. The van der Waals surface area contributed by atoms with Crippen molar-refractivity contribution >= 4 is 11.9 Å². The molecule has 0 amide bonds. The van der Waals surface area contributed by atoms with E-state index in [-0.39, 0.29) is 24.0 Å². The first kappa shape index (κ1) is 21.1. The Bertz CT molecular complexity index is 1160. The first-order valence-corrected chi connectivity index (χ1v) is 11.9. The Hall–Kier alpha value is -3.44. The fourth-order valence-electron chi connectivity index (χ4n) is 6.16. The van der Waals surface area contributed by atoms with Gasteiger partial charge in [-0.2, -0.15) is 0 Å². The molecule has 0 spiro atoms. The Morgan fingerprint density at radius 3 is 1.71 bits per heavy atom. The van der Waals surface area contributed by atoms with E-state index in [1.807, 2.05) is 18.2 Å². The van der Waals surface area contributed by atoms with Crippen molar-refractivity contribution < 1.29 is 23.8 Å². The standard InChI is InChI=1S/C29H26O5/c30-28(19-12-6-2-7-13-19)33-26-24-22-17-16-21(18-10-4-1-5-11-18)23(22)25(32-24)27(26)34-29(31)20-14-8-3-9-15-20/h1-15,21-27H,16-17H2. The van der Waals surface area contributed by atoms with Gasteiger partial charge in [-0.1, -0.05) is 66.7 Å². The molecule has 172 valence electrons. The molecule has 1 aliphatic carbocycles. The van der Waals surface area contributed by atoms with Crippen LogP contribution in [0.2, 0.25) is 0 Å². The van der Waals surface area contributed by atoms with Crippen LogP contribution in [-0.4, -0.2) is 36.4 Å². The van der Waals surface area contributed by atoms with Crippen LogP contribution in [0, 0.1) is 11.8 Å². The smallest absolute Gasteiger partial charge is 0.338 e. The minimum Gasteiger partial charge on any atom is -0.452 e. The molecule has 3 fully saturated rings. The van der Waals surface area contributed by atoms with E-state index in [1.54, 1.807) is 48.5 Å². The first-order valence-electron chi connectivity index (χ1n) is 11.9. The van der Waals surface area contributed by atoms with Gasteiger partial charge in [0.25, 0.3) is 0 Å². The third-order valence-electron chi connectivity index (χ3n) is 7.59. The van der Waals surface area contributed by atoms with Crippen LogP contribution >= 0.6 is 0 Å². The van der Waals surface area contributed by atoms with Gasteiger partial charge in [-0.25, -0.2) is 9.59 Å². The molecule has 5 nitrogen and oxygen atoms in total. The topological polar surface area (TPSA) is 61.8 Å². The Labute approximate surface area is 198 Å². The second kappa shape index (κ2) is 8.73. The van der Waals surface area contributed by atoms with E-state index in [4.69, 9.17) is 14.2 Å². The van der Waals surface area contributed by atoms with Crippen LogP contribution < -0.4 is 0 Å². The quantitative estimate of drug-likeness (QED) is 0.506. The average Bonchev–Trinajstić information content (AvgIpc) is 3.58. The van der Waals surface area contributed by atoms with Crippen LogP contribution in [0.5, 0.6) is 0 Å². The fourth-order valence-corrected chi connectivity index (χ4v) is 6.16. The molecule has 2 aliphatic heterocycles. The Morgan fingerprint density at radius 2 is 1.15 bits per heavy atom. The molecule has 0 aromatic heterocycles. The Balaban J connectivity index is 1.30. The summed E-state index contributed by atoms with van der Waals surface area (Å²) in [6, 6.07) is 28.3. The lowest BCUT2D eigenvalue weighted by molar-refractivity contribution is -0.0551. The van der Waals surface area contributed by atoms with Crippen molar-refractivity contribution in [3.8, 4) is 0 Å². The van der Waals surface area contributed by atoms with E-state index in [0.717, 1.165) is 12.8 Å². The number of hydrogen-bond acceptors (Lipinski definition) is 5. The van der Waals surface area contributed by atoms with Gasteiger partial charge in [0, 0.05) is 5.92 Å². The van der Waals surface area contributed by atoms with E-state index < -0.39 is 24.1 Å². The summed E-state index contributed by atoms with van der Waals surface area (Å²) >= 11 is 0. The molecule has 34 heavy (non-hydrogen) atoms.